The highest BCUT2D eigenvalue weighted by Gasteiger charge is 2.51. The first kappa shape index (κ1) is 28.4. The molecule has 0 unspecified atom stereocenters. The van der Waals surface area contributed by atoms with Crippen molar-refractivity contribution < 1.29 is 28.0 Å². The molecule has 3 aromatic rings. The average Bonchev–Trinajstić information content (AvgIpc) is 3.23. The minimum atomic E-state index is -4.88. The average molecular weight is 561 g/mol. The van der Waals surface area contributed by atoms with Crippen LogP contribution in [0.5, 0.6) is 0 Å². The molecule has 0 saturated carbocycles. The summed E-state index contributed by atoms with van der Waals surface area (Å²) in [7, 11) is -7.86. The molecular weight excluding hydrogens is 527 g/mol. The number of aryl methyl sites for hydroxylation is 1. The van der Waals surface area contributed by atoms with Crippen molar-refractivity contribution >= 4 is 26.5 Å². The van der Waals surface area contributed by atoms with E-state index in [0.717, 1.165) is 10.4 Å². The molecule has 3 atom stereocenters. The fraction of sp³-hybridized carbons (Fsp3) is 0.385. The first-order valence-corrected chi connectivity index (χ1v) is 15.7. The Kier molecular flexibility index (Phi) is 8.11. The zero-order chi connectivity index (χ0) is 27.7. The van der Waals surface area contributed by atoms with Crippen molar-refractivity contribution in [3.8, 4) is 0 Å². The lowest BCUT2D eigenvalue weighted by molar-refractivity contribution is -0.0421. The van der Waals surface area contributed by atoms with Gasteiger partial charge in [-0.3, -0.25) is 18.9 Å². The van der Waals surface area contributed by atoms with Gasteiger partial charge in [0.1, 0.15) is 18.4 Å². The van der Waals surface area contributed by atoms with E-state index in [-0.39, 0.29) is 18.1 Å². The predicted molar refractivity (Wildman–Crippen MR) is 145 cm³/mol. The Morgan fingerprint density at radius 2 is 1.61 bits per heavy atom. The number of hydrogen-bond donors (Lipinski definition) is 3. The van der Waals surface area contributed by atoms with Gasteiger partial charge in [-0.2, -0.15) is 0 Å². The van der Waals surface area contributed by atoms with Crippen LogP contribution in [0.15, 0.2) is 76.4 Å². The van der Waals surface area contributed by atoms with Gasteiger partial charge in [0.15, 0.2) is 0 Å². The van der Waals surface area contributed by atoms with Gasteiger partial charge in [0, 0.05) is 18.2 Å². The van der Waals surface area contributed by atoms with E-state index in [1.807, 2.05) is 60.7 Å². The Hall–Kier alpha value is -2.63. The largest absolute Gasteiger partial charge is 0.469 e. The third-order valence-electron chi connectivity index (χ3n) is 6.79. The maximum Gasteiger partial charge on any atom is 0.469 e. The lowest BCUT2D eigenvalue weighted by atomic mass is 10.2. The summed E-state index contributed by atoms with van der Waals surface area (Å²) in [6.45, 7) is 7.86. The third-order valence-corrected chi connectivity index (χ3v) is 12.3. The van der Waals surface area contributed by atoms with Gasteiger partial charge in [0.05, 0.1) is 6.61 Å². The minimum absolute atomic E-state index is 0.0225. The van der Waals surface area contributed by atoms with Gasteiger partial charge in [-0.15, -0.1) is 0 Å². The van der Waals surface area contributed by atoms with Gasteiger partial charge >= 0.3 is 13.5 Å². The first-order chi connectivity index (χ1) is 17.8. The molecule has 1 fully saturated rings. The summed E-state index contributed by atoms with van der Waals surface area (Å²) in [5, 5.41) is 1.74. The Bertz CT molecular complexity index is 1380. The van der Waals surface area contributed by atoms with Crippen LogP contribution < -0.4 is 21.6 Å². The second-order valence-electron chi connectivity index (χ2n) is 10.5. The van der Waals surface area contributed by atoms with E-state index in [1.54, 1.807) is 6.92 Å². The van der Waals surface area contributed by atoms with Crippen molar-refractivity contribution in [1.29, 1.82) is 0 Å². The molecule has 0 aliphatic carbocycles. The number of nitrogens with one attached hydrogen (secondary N) is 1. The standard InChI is InChI=1S/C26H33N2O8PSi/c1-18-16-28(25(30)27-24(18)29)23-15-21(36-37(31,32)33)22(35-23)17-34-38(26(2,3)4,19-11-7-5-8-12-19)20-13-9-6-10-14-20/h5-14,16,21-23H,15,17H2,1-4H3,(H,27,29,30)(H2,31,32,33)/t21-,22+,23+/m0/s1. The van der Waals surface area contributed by atoms with Crippen molar-refractivity contribution in [2.45, 2.75) is 57.6 Å². The number of aromatic amines is 1. The number of phosphoric acid groups is 1. The second kappa shape index (κ2) is 10.9. The van der Waals surface area contributed by atoms with Crippen LogP contribution in [-0.4, -0.2) is 46.5 Å². The zero-order valence-corrected chi connectivity index (χ0v) is 23.6. The Labute approximate surface area is 221 Å². The lowest BCUT2D eigenvalue weighted by Crippen LogP contribution is -2.67. The van der Waals surface area contributed by atoms with Crippen LogP contribution in [0.25, 0.3) is 0 Å². The summed E-state index contributed by atoms with van der Waals surface area (Å²) in [5.74, 6) is 0. The highest BCUT2D eigenvalue weighted by atomic mass is 31.2. The van der Waals surface area contributed by atoms with E-state index < -0.39 is 45.8 Å². The van der Waals surface area contributed by atoms with Crippen molar-refractivity contribution in [2.24, 2.45) is 0 Å². The molecule has 0 bridgehead atoms. The predicted octanol–water partition coefficient (Wildman–Crippen LogP) is 2.19. The summed E-state index contributed by atoms with van der Waals surface area (Å²) in [4.78, 5) is 45.8. The maximum absolute atomic E-state index is 12.5. The van der Waals surface area contributed by atoms with E-state index in [0.29, 0.717) is 5.56 Å². The van der Waals surface area contributed by atoms with Crippen molar-refractivity contribution in [3.63, 3.8) is 0 Å². The van der Waals surface area contributed by atoms with E-state index >= 15 is 0 Å². The topological polar surface area (TPSA) is 140 Å². The number of hydrogen-bond acceptors (Lipinski definition) is 6. The van der Waals surface area contributed by atoms with Crippen molar-refractivity contribution in [1.82, 2.24) is 9.55 Å². The zero-order valence-electron chi connectivity index (χ0n) is 21.7. The molecule has 1 saturated heterocycles. The molecule has 38 heavy (non-hydrogen) atoms. The van der Waals surface area contributed by atoms with Crippen molar-refractivity contribution in [3.05, 3.63) is 93.3 Å². The summed E-state index contributed by atoms with van der Waals surface area (Å²) < 4.78 is 31.1. The number of ether oxygens (including phenoxy) is 1. The molecule has 12 heteroatoms. The van der Waals surface area contributed by atoms with Crippen LogP contribution >= 0.6 is 7.82 Å². The number of nitrogens with zero attached hydrogens (tertiary/aromatic N) is 1. The second-order valence-corrected chi connectivity index (χ2v) is 15.9. The van der Waals surface area contributed by atoms with Gasteiger partial charge in [-0.05, 0) is 22.3 Å². The van der Waals surface area contributed by atoms with E-state index in [1.165, 1.54) is 10.8 Å². The number of H-pyrrole nitrogens is 1. The smallest absolute Gasteiger partial charge is 0.405 e. The number of aromatic nitrogens is 2. The number of benzene rings is 2. The van der Waals surface area contributed by atoms with E-state index in [4.69, 9.17) is 13.7 Å². The highest BCUT2D eigenvalue weighted by Crippen LogP contribution is 2.44. The molecule has 4 rings (SSSR count). The maximum atomic E-state index is 12.5. The Morgan fingerprint density at radius 1 is 1.05 bits per heavy atom. The van der Waals surface area contributed by atoms with E-state index in [9.17, 15) is 23.9 Å². The number of rotatable bonds is 8. The summed E-state index contributed by atoms with van der Waals surface area (Å²) >= 11 is 0. The number of phosphoric ester groups is 1. The van der Waals surface area contributed by atoms with Gasteiger partial charge in [-0.1, -0.05) is 81.4 Å². The fourth-order valence-electron chi connectivity index (χ4n) is 5.08. The highest BCUT2D eigenvalue weighted by molar-refractivity contribution is 7.46. The normalized spacial score (nSPS) is 20.5. The van der Waals surface area contributed by atoms with Crippen LogP contribution in [-0.2, 0) is 18.3 Å². The van der Waals surface area contributed by atoms with Gasteiger partial charge in [-0.25, -0.2) is 9.36 Å². The Balaban J connectivity index is 1.73. The summed E-state index contributed by atoms with van der Waals surface area (Å²) in [6, 6.07) is 19.9. The van der Waals surface area contributed by atoms with Crippen LogP contribution in [0, 0.1) is 6.92 Å². The lowest BCUT2D eigenvalue weighted by Gasteiger charge is -2.43. The van der Waals surface area contributed by atoms with Crippen LogP contribution in [0.3, 0.4) is 0 Å². The monoisotopic (exact) mass is 560 g/mol. The SMILES string of the molecule is Cc1cn([C@H]2C[C@H](OP(=O)(O)O)[C@@H](CO[Si](c3ccccc3)(c3ccccc3)C(C)(C)C)O2)c(=O)[nH]c1=O. The molecule has 1 aliphatic heterocycles. The summed E-state index contributed by atoms with van der Waals surface area (Å²) in [6.07, 6.45) is -1.52. The molecule has 0 spiro atoms. The minimum Gasteiger partial charge on any atom is -0.405 e. The quantitative estimate of drug-likeness (QED) is 0.281. The van der Waals surface area contributed by atoms with Crippen LogP contribution in [0.1, 0.15) is 39.0 Å². The van der Waals surface area contributed by atoms with Gasteiger partial charge in [0.2, 0.25) is 0 Å². The van der Waals surface area contributed by atoms with Crippen LogP contribution in [0.2, 0.25) is 5.04 Å². The molecular formula is C26H33N2O8PSi. The molecule has 1 aliphatic rings. The molecule has 2 aromatic carbocycles. The Morgan fingerprint density at radius 3 is 2.11 bits per heavy atom. The molecule has 1 aromatic heterocycles. The van der Waals surface area contributed by atoms with Crippen LogP contribution in [0.4, 0.5) is 0 Å². The molecule has 0 radical (unpaired) electrons. The molecule has 0 amide bonds. The summed E-state index contributed by atoms with van der Waals surface area (Å²) in [5.41, 5.74) is -0.902. The molecule has 2 heterocycles. The molecule has 3 N–H and O–H groups in total. The fourth-order valence-corrected chi connectivity index (χ4v) is 10.2. The van der Waals surface area contributed by atoms with E-state index in [2.05, 4.69) is 25.8 Å². The molecule has 10 nitrogen and oxygen atoms in total. The molecule has 204 valence electrons. The third kappa shape index (κ3) is 5.84. The van der Waals surface area contributed by atoms with Crippen molar-refractivity contribution in [2.75, 3.05) is 6.61 Å². The van der Waals surface area contributed by atoms with Gasteiger partial charge < -0.3 is 18.9 Å². The van der Waals surface area contributed by atoms with Gasteiger partial charge in [0.25, 0.3) is 13.9 Å². The first-order valence-electron chi connectivity index (χ1n) is 12.3.